The molecule has 2 aromatic rings. The van der Waals surface area contributed by atoms with Crippen molar-refractivity contribution in [3.8, 4) is 0 Å². The van der Waals surface area contributed by atoms with Crippen LogP contribution in [0.3, 0.4) is 0 Å². The molecular formula is C18H24N2O4. The Bertz CT molecular complexity index is 737. The highest BCUT2D eigenvalue weighted by molar-refractivity contribution is 5.95. The number of ether oxygens (including phenoxy) is 1. The summed E-state index contributed by atoms with van der Waals surface area (Å²) in [5.74, 6) is -0.814. The second-order valence-corrected chi connectivity index (χ2v) is 6.82. The number of rotatable bonds is 5. The van der Waals surface area contributed by atoms with Crippen molar-refractivity contribution < 1.29 is 18.7 Å². The molecule has 24 heavy (non-hydrogen) atoms. The molecule has 1 unspecified atom stereocenters. The number of fused-ring (bicyclic) bond motifs is 1. The molecule has 1 aliphatic rings. The molecular weight excluding hydrogens is 308 g/mol. The molecule has 1 atom stereocenters. The van der Waals surface area contributed by atoms with E-state index in [9.17, 15) is 9.59 Å². The van der Waals surface area contributed by atoms with E-state index >= 15 is 0 Å². The van der Waals surface area contributed by atoms with Gasteiger partial charge in [-0.1, -0.05) is 26.7 Å². The van der Waals surface area contributed by atoms with Crippen LogP contribution in [0.4, 0.5) is 0 Å². The van der Waals surface area contributed by atoms with Crippen molar-refractivity contribution in [1.29, 1.82) is 0 Å². The number of nitrogens with zero attached hydrogens (tertiary/aromatic N) is 1. The molecule has 1 N–H and O–H groups in total. The van der Waals surface area contributed by atoms with Gasteiger partial charge in [0.05, 0.1) is 11.8 Å². The van der Waals surface area contributed by atoms with Crippen LogP contribution in [0.2, 0.25) is 0 Å². The molecule has 6 heteroatoms. The number of aromatic nitrogens is 1. The third kappa shape index (κ3) is 3.18. The molecule has 0 saturated heterocycles. The average molecular weight is 332 g/mol. The van der Waals surface area contributed by atoms with E-state index in [2.05, 4.69) is 5.32 Å². The summed E-state index contributed by atoms with van der Waals surface area (Å²) in [5.41, 5.74) is 1.82. The van der Waals surface area contributed by atoms with Crippen molar-refractivity contribution in [1.82, 2.24) is 9.88 Å². The fourth-order valence-corrected chi connectivity index (χ4v) is 3.27. The molecule has 3 rings (SSSR count). The van der Waals surface area contributed by atoms with E-state index in [0.717, 1.165) is 31.2 Å². The quantitative estimate of drug-likeness (QED) is 0.854. The number of furan rings is 1. The summed E-state index contributed by atoms with van der Waals surface area (Å²) in [4.78, 5) is 25.0. The first-order valence-corrected chi connectivity index (χ1v) is 8.51. The van der Waals surface area contributed by atoms with Crippen LogP contribution in [0, 0.1) is 5.92 Å². The standard InChI is InChI=1S/C18H24N2O4/c1-11(2)16(17(21)19-12-6-4-5-7-12)24-18(22)14-10-15-13(20(14)3)8-9-23-15/h8-12,16H,4-7H2,1-3H3,(H,19,21). The maximum Gasteiger partial charge on any atom is 0.355 e. The molecule has 0 spiro atoms. The van der Waals surface area contributed by atoms with Crippen LogP contribution < -0.4 is 5.32 Å². The summed E-state index contributed by atoms with van der Waals surface area (Å²) in [6, 6.07) is 3.64. The molecule has 1 saturated carbocycles. The Balaban J connectivity index is 1.72. The van der Waals surface area contributed by atoms with E-state index in [-0.39, 0.29) is 17.9 Å². The number of hydrogen-bond acceptors (Lipinski definition) is 4. The zero-order valence-electron chi connectivity index (χ0n) is 14.4. The van der Waals surface area contributed by atoms with Gasteiger partial charge in [0.25, 0.3) is 5.91 Å². The largest absolute Gasteiger partial charge is 0.463 e. The van der Waals surface area contributed by atoms with E-state index in [1.807, 2.05) is 13.8 Å². The number of esters is 1. The monoisotopic (exact) mass is 332 g/mol. The molecule has 0 aromatic carbocycles. The number of aryl methyl sites for hydroxylation is 1. The zero-order valence-corrected chi connectivity index (χ0v) is 14.4. The number of amides is 1. The Morgan fingerprint density at radius 1 is 1.33 bits per heavy atom. The van der Waals surface area contributed by atoms with Crippen molar-refractivity contribution in [3.05, 3.63) is 24.1 Å². The average Bonchev–Trinajstić information content (AvgIpc) is 3.24. The fourth-order valence-electron chi connectivity index (χ4n) is 3.27. The zero-order chi connectivity index (χ0) is 17.3. The van der Waals surface area contributed by atoms with Crippen LogP contribution in [0.15, 0.2) is 22.8 Å². The van der Waals surface area contributed by atoms with Crippen LogP contribution >= 0.6 is 0 Å². The van der Waals surface area contributed by atoms with Crippen LogP contribution in [-0.4, -0.2) is 28.6 Å². The lowest BCUT2D eigenvalue weighted by Gasteiger charge is -2.23. The minimum atomic E-state index is -0.792. The lowest BCUT2D eigenvalue weighted by atomic mass is 10.1. The van der Waals surface area contributed by atoms with E-state index in [4.69, 9.17) is 9.15 Å². The normalized spacial score (nSPS) is 16.7. The van der Waals surface area contributed by atoms with Crippen molar-refractivity contribution in [2.24, 2.45) is 13.0 Å². The maximum absolute atomic E-state index is 12.5. The number of carbonyl (C=O) groups excluding carboxylic acids is 2. The lowest BCUT2D eigenvalue weighted by Crippen LogP contribution is -2.44. The van der Waals surface area contributed by atoms with E-state index in [0.29, 0.717) is 11.3 Å². The molecule has 2 heterocycles. The summed E-state index contributed by atoms with van der Waals surface area (Å²) >= 11 is 0. The predicted octanol–water partition coefficient (Wildman–Crippen LogP) is 3.01. The van der Waals surface area contributed by atoms with Gasteiger partial charge >= 0.3 is 5.97 Å². The van der Waals surface area contributed by atoms with E-state index in [1.54, 1.807) is 30.0 Å². The lowest BCUT2D eigenvalue weighted by molar-refractivity contribution is -0.132. The Hall–Kier alpha value is -2.24. The summed E-state index contributed by atoms with van der Waals surface area (Å²) in [5, 5.41) is 3.01. The van der Waals surface area contributed by atoms with Gasteiger partial charge in [0, 0.05) is 25.2 Å². The number of hydrogen-bond donors (Lipinski definition) is 1. The Morgan fingerprint density at radius 3 is 2.67 bits per heavy atom. The molecule has 1 amide bonds. The summed E-state index contributed by atoms with van der Waals surface area (Å²) in [6.07, 6.45) is 5.06. The second kappa shape index (κ2) is 6.71. The first-order valence-electron chi connectivity index (χ1n) is 8.51. The summed E-state index contributed by atoms with van der Waals surface area (Å²) in [7, 11) is 1.78. The van der Waals surface area contributed by atoms with Crippen molar-refractivity contribution in [2.45, 2.75) is 51.7 Å². The van der Waals surface area contributed by atoms with Crippen molar-refractivity contribution >= 4 is 23.0 Å². The molecule has 0 aliphatic heterocycles. The van der Waals surface area contributed by atoms with Crippen molar-refractivity contribution in [3.63, 3.8) is 0 Å². The molecule has 0 bridgehead atoms. The predicted molar refractivity (Wildman–Crippen MR) is 89.6 cm³/mol. The fraction of sp³-hybridized carbons (Fsp3) is 0.556. The summed E-state index contributed by atoms with van der Waals surface area (Å²) < 4.78 is 12.6. The van der Waals surface area contributed by atoms with Gasteiger partial charge in [-0.3, -0.25) is 4.79 Å². The Kier molecular flexibility index (Phi) is 4.64. The minimum absolute atomic E-state index is 0.0985. The number of carbonyl (C=O) groups is 2. The molecule has 6 nitrogen and oxygen atoms in total. The van der Waals surface area contributed by atoms with Gasteiger partial charge in [-0.05, 0) is 18.8 Å². The third-order valence-electron chi connectivity index (χ3n) is 4.67. The van der Waals surface area contributed by atoms with Crippen LogP contribution in [-0.2, 0) is 16.6 Å². The smallest absolute Gasteiger partial charge is 0.355 e. The van der Waals surface area contributed by atoms with Gasteiger partial charge in [-0.25, -0.2) is 4.79 Å². The highest BCUT2D eigenvalue weighted by Gasteiger charge is 2.30. The molecule has 0 radical (unpaired) electrons. The molecule has 130 valence electrons. The Labute approximate surface area is 141 Å². The first-order chi connectivity index (χ1) is 11.5. The molecule has 2 aromatic heterocycles. The van der Waals surface area contributed by atoms with Gasteiger partial charge in [0.15, 0.2) is 11.7 Å². The maximum atomic E-state index is 12.5. The topological polar surface area (TPSA) is 73.5 Å². The summed E-state index contributed by atoms with van der Waals surface area (Å²) in [6.45, 7) is 3.76. The SMILES string of the molecule is CC(C)C(OC(=O)c1cc2occc2n1C)C(=O)NC1CCCC1. The minimum Gasteiger partial charge on any atom is -0.463 e. The molecule has 1 fully saturated rings. The second-order valence-electron chi connectivity index (χ2n) is 6.82. The first kappa shape index (κ1) is 16.6. The Morgan fingerprint density at radius 2 is 2.04 bits per heavy atom. The van der Waals surface area contributed by atoms with E-state index in [1.165, 1.54) is 0 Å². The van der Waals surface area contributed by atoms with Gasteiger partial charge in [0.1, 0.15) is 5.69 Å². The van der Waals surface area contributed by atoms with Gasteiger partial charge in [0.2, 0.25) is 0 Å². The highest BCUT2D eigenvalue weighted by Crippen LogP contribution is 2.22. The van der Waals surface area contributed by atoms with Crippen LogP contribution in [0.25, 0.3) is 11.1 Å². The van der Waals surface area contributed by atoms with Gasteiger partial charge in [-0.2, -0.15) is 0 Å². The highest BCUT2D eigenvalue weighted by atomic mass is 16.5. The van der Waals surface area contributed by atoms with Crippen LogP contribution in [0.5, 0.6) is 0 Å². The number of nitrogens with one attached hydrogen (secondary N) is 1. The van der Waals surface area contributed by atoms with Gasteiger partial charge < -0.3 is 19.0 Å². The van der Waals surface area contributed by atoms with Crippen molar-refractivity contribution in [2.75, 3.05) is 0 Å². The van der Waals surface area contributed by atoms with Gasteiger partial charge in [-0.15, -0.1) is 0 Å². The third-order valence-corrected chi connectivity index (χ3v) is 4.67. The van der Waals surface area contributed by atoms with Crippen LogP contribution in [0.1, 0.15) is 50.0 Å². The molecule has 1 aliphatic carbocycles. The van der Waals surface area contributed by atoms with E-state index < -0.39 is 12.1 Å².